The highest BCUT2D eigenvalue weighted by Crippen LogP contribution is 2.20. The Kier molecular flexibility index (Phi) is 5.95. The van der Waals surface area contributed by atoms with Gasteiger partial charge in [-0.25, -0.2) is 9.78 Å². The molecule has 0 saturated heterocycles. The summed E-state index contributed by atoms with van der Waals surface area (Å²) >= 11 is 1.18. The number of thioether (sulfide) groups is 1. The molecule has 0 atom stereocenters. The molecule has 7 nitrogen and oxygen atoms in total. The first-order chi connectivity index (χ1) is 12.9. The number of H-pyrrole nitrogens is 1. The van der Waals surface area contributed by atoms with Crippen LogP contribution in [0.5, 0.6) is 0 Å². The summed E-state index contributed by atoms with van der Waals surface area (Å²) in [5, 5.41) is 3.19. The fourth-order valence-corrected chi connectivity index (χ4v) is 3.50. The minimum absolute atomic E-state index is 0.0996. The van der Waals surface area contributed by atoms with Crippen LogP contribution in [0.15, 0.2) is 34.2 Å². The Bertz CT molecular complexity index is 923. The van der Waals surface area contributed by atoms with Crippen LogP contribution >= 0.6 is 11.8 Å². The number of nitrogens with zero attached hydrogens (tertiary/aromatic N) is 1. The van der Waals surface area contributed by atoms with Crippen molar-refractivity contribution in [2.75, 3.05) is 11.1 Å². The van der Waals surface area contributed by atoms with Crippen LogP contribution in [0.2, 0.25) is 0 Å². The quantitative estimate of drug-likeness (QED) is 0.449. The molecule has 0 unspecified atom stereocenters. The van der Waals surface area contributed by atoms with Gasteiger partial charge < -0.3 is 15.0 Å². The average Bonchev–Trinajstić information content (AvgIpc) is 3.09. The van der Waals surface area contributed by atoms with E-state index in [0.29, 0.717) is 16.4 Å². The Labute approximate surface area is 160 Å². The maximum absolute atomic E-state index is 12.2. The second-order valence-electron chi connectivity index (χ2n) is 6.52. The van der Waals surface area contributed by atoms with Crippen molar-refractivity contribution in [1.29, 1.82) is 0 Å². The second-order valence-corrected chi connectivity index (χ2v) is 7.49. The van der Waals surface area contributed by atoms with Crippen LogP contribution < -0.4 is 10.9 Å². The zero-order valence-corrected chi connectivity index (χ0v) is 16.0. The number of carbonyl (C=O) groups is 2. The lowest BCUT2D eigenvalue weighted by atomic mass is 10.2. The van der Waals surface area contributed by atoms with Gasteiger partial charge in [0.15, 0.2) is 5.16 Å². The third kappa shape index (κ3) is 4.97. The Morgan fingerprint density at radius 2 is 2.15 bits per heavy atom. The molecular formula is C19H21N3O4S. The van der Waals surface area contributed by atoms with Crippen molar-refractivity contribution in [2.24, 2.45) is 0 Å². The number of hydrogen-bond donors (Lipinski definition) is 2. The van der Waals surface area contributed by atoms with E-state index < -0.39 is 5.97 Å². The molecule has 1 aliphatic rings. The number of esters is 1. The molecule has 0 radical (unpaired) electrons. The van der Waals surface area contributed by atoms with E-state index in [0.717, 1.165) is 30.5 Å². The number of fused-ring (bicyclic) bond motifs is 1. The molecule has 0 spiro atoms. The fraction of sp³-hybridized carbons (Fsp3) is 0.368. The van der Waals surface area contributed by atoms with E-state index in [-0.39, 0.29) is 23.3 Å². The smallest absolute Gasteiger partial charge is 0.338 e. The second kappa shape index (κ2) is 8.39. The van der Waals surface area contributed by atoms with Gasteiger partial charge in [-0.3, -0.25) is 9.59 Å². The lowest BCUT2D eigenvalue weighted by molar-refractivity contribution is -0.113. The molecule has 2 N–H and O–H groups in total. The lowest BCUT2D eigenvalue weighted by Gasteiger charge is -2.10. The van der Waals surface area contributed by atoms with E-state index >= 15 is 0 Å². The van der Waals surface area contributed by atoms with Gasteiger partial charge in [0.25, 0.3) is 5.56 Å². The molecule has 0 fully saturated rings. The summed E-state index contributed by atoms with van der Waals surface area (Å²) < 4.78 is 5.15. The molecule has 0 aliphatic heterocycles. The van der Waals surface area contributed by atoms with Crippen molar-refractivity contribution in [3.63, 3.8) is 0 Å². The first-order valence-corrected chi connectivity index (χ1v) is 9.76. The van der Waals surface area contributed by atoms with Crippen LogP contribution in [0, 0.1) is 0 Å². The molecule has 1 amide bonds. The topological polar surface area (TPSA) is 101 Å². The van der Waals surface area contributed by atoms with Gasteiger partial charge >= 0.3 is 5.97 Å². The maximum atomic E-state index is 12.2. The van der Waals surface area contributed by atoms with E-state index in [1.165, 1.54) is 11.8 Å². The zero-order valence-electron chi connectivity index (χ0n) is 15.2. The van der Waals surface area contributed by atoms with Crippen LogP contribution in [0.4, 0.5) is 5.69 Å². The predicted octanol–water partition coefficient (Wildman–Crippen LogP) is 2.55. The van der Waals surface area contributed by atoms with E-state index in [1.54, 1.807) is 38.1 Å². The number of benzene rings is 1. The summed E-state index contributed by atoms with van der Waals surface area (Å²) in [6.45, 7) is 3.55. The first-order valence-electron chi connectivity index (χ1n) is 8.78. The normalized spacial score (nSPS) is 12.7. The van der Waals surface area contributed by atoms with Gasteiger partial charge in [-0.2, -0.15) is 0 Å². The van der Waals surface area contributed by atoms with Gasteiger partial charge in [0, 0.05) is 11.3 Å². The summed E-state index contributed by atoms with van der Waals surface area (Å²) in [7, 11) is 0. The number of hydrogen-bond acceptors (Lipinski definition) is 6. The third-order valence-corrected chi connectivity index (χ3v) is 4.86. The van der Waals surface area contributed by atoms with Gasteiger partial charge in [-0.1, -0.05) is 17.8 Å². The molecule has 1 aromatic carbocycles. The molecule has 1 heterocycles. The minimum Gasteiger partial charge on any atom is -0.459 e. The summed E-state index contributed by atoms with van der Waals surface area (Å²) in [5.74, 6) is -0.588. The van der Waals surface area contributed by atoms with Crippen molar-refractivity contribution < 1.29 is 14.3 Å². The first kappa shape index (κ1) is 19.2. The predicted molar refractivity (Wildman–Crippen MR) is 103 cm³/mol. The molecule has 0 saturated carbocycles. The fourth-order valence-electron chi connectivity index (χ4n) is 2.82. The molecular weight excluding hydrogens is 366 g/mol. The van der Waals surface area contributed by atoms with E-state index in [1.807, 2.05) is 0 Å². The van der Waals surface area contributed by atoms with Gasteiger partial charge in [0.2, 0.25) is 5.91 Å². The Morgan fingerprint density at radius 3 is 2.93 bits per heavy atom. The molecule has 3 rings (SSSR count). The number of anilines is 1. The van der Waals surface area contributed by atoms with E-state index in [2.05, 4.69) is 15.3 Å². The standard InChI is InChI=1S/C19H21N3O4S/c1-11(2)26-18(25)12-5-3-6-13(9-12)20-16(23)10-27-19-21-15-8-4-7-14(15)17(24)22-19/h3,5-6,9,11H,4,7-8,10H2,1-2H3,(H,20,23)(H,21,22,24). The van der Waals surface area contributed by atoms with Gasteiger partial charge in [0.1, 0.15) is 0 Å². The third-order valence-electron chi connectivity index (χ3n) is 3.98. The highest BCUT2D eigenvalue weighted by molar-refractivity contribution is 7.99. The number of aromatic amines is 1. The van der Waals surface area contributed by atoms with Crippen LogP contribution in [-0.4, -0.2) is 33.7 Å². The Morgan fingerprint density at radius 1 is 1.33 bits per heavy atom. The van der Waals surface area contributed by atoms with Crippen molar-refractivity contribution in [3.05, 3.63) is 51.4 Å². The molecule has 142 valence electrons. The lowest BCUT2D eigenvalue weighted by Crippen LogP contribution is -2.18. The van der Waals surface area contributed by atoms with Crippen molar-refractivity contribution >= 4 is 29.3 Å². The van der Waals surface area contributed by atoms with Crippen molar-refractivity contribution in [3.8, 4) is 0 Å². The molecule has 1 aromatic heterocycles. The average molecular weight is 387 g/mol. The van der Waals surface area contributed by atoms with E-state index in [9.17, 15) is 14.4 Å². The highest BCUT2D eigenvalue weighted by Gasteiger charge is 2.18. The number of nitrogens with one attached hydrogen (secondary N) is 2. The van der Waals surface area contributed by atoms with Crippen LogP contribution in [-0.2, 0) is 22.4 Å². The number of aromatic nitrogens is 2. The molecule has 8 heteroatoms. The highest BCUT2D eigenvalue weighted by atomic mass is 32.2. The van der Waals surface area contributed by atoms with Gasteiger partial charge in [-0.15, -0.1) is 0 Å². The number of rotatable bonds is 6. The van der Waals surface area contributed by atoms with Crippen LogP contribution in [0.3, 0.4) is 0 Å². The van der Waals surface area contributed by atoms with Crippen molar-refractivity contribution in [1.82, 2.24) is 9.97 Å². The maximum Gasteiger partial charge on any atom is 0.338 e. The zero-order chi connectivity index (χ0) is 19.4. The summed E-state index contributed by atoms with van der Waals surface area (Å²) in [5.41, 5.74) is 2.36. The van der Waals surface area contributed by atoms with E-state index in [4.69, 9.17) is 4.74 Å². The number of amides is 1. The van der Waals surface area contributed by atoms with Crippen molar-refractivity contribution in [2.45, 2.75) is 44.4 Å². The van der Waals surface area contributed by atoms with Gasteiger partial charge in [-0.05, 0) is 51.3 Å². The molecule has 0 bridgehead atoms. The Balaban J connectivity index is 1.59. The summed E-state index contributed by atoms with van der Waals surface area (Å²) in [4.78, 5) is 43.3. The molecule has 27 heavy (non-hydrogen) atoms. The largest absolute Gasteiger partial charge is 0.459 e. The molecule has 2 aromatic rings. The van der Waals surface area contributed by atoms with Crippen LogP contribution in [0.25, 0.3) is 0 Å². The number of carbonyl (C=O) groups excluding carboxylic acids is 2. The SMILES string of the molecule is CC(C)OC(=O)c1cccc(NC(=O)CSc2nc3c(c(=O)[nH]2)CCC3)c1. The summed E-state index contributed by atoms with van der Waals surface area (Å²) in [6, 6.07) is 6.58. The molecule has 1 aliphatic carbocycles. The van der Waals surface area contributed by atoms with Crippen LogP contribution in [0.1, 0.15) is 41.9 Å². The number of aryl methyl sites for hydroxylation is 1. The van der Waals surface area contributed by atoms with Gasteiger partial charge in [0.05, 0.1) is 23.1 Å². The minimum atomic E-state index is -0.435. The summed E-state index contributed by atoms with van der Waals surface area (Å²) in [6.07, 6.45) is 2.29. The Hall–Kier alpha value is -2.61. The number of ether oxygens (including phenoxy) is 1. The monoisotopic (exact) mass is 387 g/mol.